The second-order valence-corrected chi connectivity index (χ2v) is 4.27. The van der Waals surface area contributed by atoms with Gasteiger partial charge in [-0.25, -0.2) is 4.98 Å². The first kappa shape index (κ1) is 10.2. The Hall–Kier alpha value is -1.36. The smallest absolute Gasteiger partial charge is 0.309 e. The molecule has 0 radical (unpaired) electrons. The molecule has 0 saturated carbocycles. The number of aryl methyl sites for hydroxylation is 1. The molecule has 0 unspecified atom stereocenters. The molecule has 2 aromatic heterocycles. The minimum atomic E-state index is -0.805. The van der Waals surface area contributed by atoms with Gasteiger partial charge in [0.05, 0.1) is 12.1 Å². The molecule has 0 fully saturated rings. The first-order valence-electron chi connectivity index (χ1n) is 4.87. The highest BCUT2D eigenvalue weighted by molar-refractivity contribution is 7.15. The Morgan fingerprint density at radius 3 is 3.13 bits per heavy atom. The third kappa shape index (κ3) is 2.02. The zero-order valence-corrected chi connectivity index (χ0v) is 9.25. The van der Waals surface area contributed by atoms with E-state index in [1.807, 2.05) is 16.0 Å². The molecular formula is C10H12N2O2S. The average Bonchev–Trinajstić information content (AvgIpc) is 2.68. The Bertz CT molecular complexity index is 487. The molecule has 0 amide bonds. The maximum atomic E-state index is 10.6. The molecule has 5 heteroatoms. The van der Waals surface area contributed by atoms with Crippen molar-refractivity contribution in [2.75, 3.05) is 0 Å². The van der Waals surface area contributed by atoms with Crippen LogP contribution in [0.4, 0.5) is 0 Å². The Morgan fingerprint density at radius 2 is 2.47 bits per heavy atom. The van der Waals surface area contributed by atoms with Crippen molar-refractivity contribution in [3.05, 3.63) is 23.0 Å². The Labute approximate surface area is 91.2 Å². The predicted molar refractivity (Wildman–Crippen MR) is 58.4 cm³/mol. The number of carboxylic acid groups (broad SMARTS) is 1. The Balaban J connectivity index is 2.35. The van der Waals surface area contributed by atoms with E-state index in [9.17, 15) is 4.79 Å². The summed E-state index contributed by atoms with van der Waals surface area (Å²) in [5.41, 5.74) is 1.84. The molecule has 0 atom stereocenters. The van der Waals surface area contributed by atoms with E-state index >= 15 is 0 Å². The van der Waals surface area contributed by atoms with Crippen molar-refractivity contribution < 1.29 is 9.90 Å². The van der Waals surface area contributed by atoms with Crippen LogP contribution in [0, 0.1) is 0 Å². The largest absolute Gasteiger partial charge is 0.481 e. The predicted octanol–water partition coefficient (Wildman–Crippen LogP) is 1.98. The number of aromatic nitrogens is 2. The maximum absolute atomic E-state index is 10.6. The van der Waals surface area contributed by atoms with Crippen molar-refractivity contribution >= 4 is 22.3 Å². The minimum Gasteiger partial charge on any atom is -0.481 e. The number of carbonyl (C=O) groups is 1. The third-order valence-corrected chi connectivity index (χ3v) is 3.06. The molecule has 0 spiro atoms. The highest BCUT2D eigenvalue weighted by Crippen LogP contribution is 2.17. The van der Waals surface area contributed by atoms with Crippen molar-refractivity contribution in [3.63, 3.8) is 0 Å². The zero-order valence-electron chi connectivity index (χ0n) is 8.43. The quantitative estimate of drug-likeness (QED) is 0.863. The van der Waals surface area contributed by atoms with E-state index in [4.69, 9.17) is 5.11 Å². The second kappa shape index (κ2) is 4.02. The first-order chi connectivity index (χ1) is 7.20. The fourth-order valence-electron chi connectivity index (χ4n) is 1.53. The number of nitrogens with zero attached hydrogens (tertiary/aromatic N) is 2. The normalized spacial score (nSPS) is 11.0. The number of fused-ring (bicyclic) bond motifs is 1. The average molecular weight is 224 g/mol. The van der Waals surface area contributed by atoms with E-state index in [1.54, 1.807) is 0 Å². The lowest BCUT2D eigenvalue weighted by atomic mass is 10.3. The summed E-state index contributed by atoms with van der Waals surface area (Å²) in [6, 6.07) is 0. The summed E-state index contributed by atoms with van der Waals surface area (Å²) in [5.74, 6) is -0.805. The van der Waals surface area contributed by atoms with E-state index in [-0.39, 0.29) is 6.42 Å². The summed E-state index contributed by atoms with van der Waals surface area (Å²) in [6.45, 7) is 2.10. The van der Waals surface area contributed by atoms with Crippen LogP contribution in [0.2, 0.25) is 0 Å². The van der Waals surface area contributed by atoms with E-state index in [1.165, 1.54) is 11.3 Å². The highest BCUT2D eigenvalue weighted by atomic mass is 32.1. The van der Waals surface area contributed by atoms with Gasteiger partial charge in [-0.3, -0.25) is 9.20 Å². The molecule has 0 aromatic carbocycles. The summed E-state index contributed by atoms with van der Waals surface area (Å²) < 4.78 is 1.88. The van der Waals surface area contributed by atoms with Gasteiger partial charge in [-0.05, 0) is 6.42 Å². The number of imidazole rings is 1. The molecular weight excluding hydrogens is 212 g/mol. The van der Waals surface area contributed by atoms with Gasteiger partial charge in [-0.1, -0.05) is 13.3 Å². The lowest BCUT2D eigenvalue weighted by molar-refractivity contribution is -0.136. The molecule has 80 valence electrons. The lowest BCUT2D eigenvalue weighted by Crippen LogP contribution is -2.02. The number of carboxylic acids is 1. The van der Waals surface area contributed by atoms with Crippen molar-refractivity contribution in [1.82, 2.24) is 9.38 Å². The van der Waals surface area contributed by atoms with Crippen LogP contribution in [0.3, 0.4) is 0 Å². The van der Waals surface area contributed by atoms with Crippen LogP contribution in [-0.2, 0) is 17.6 Å². The van der Waals surface area contributed by atoms with E-state index in [2.05, 4.69) is 11.9 Å². The Morgan fingerprint density at radius 1 is 1.67 bits per heavy atom. The summed E-state index contributed by atoms with van der Waals surface area (Å²) >= 11 is 1.49. The zero-order chi connectivity index (χ0) is 10.8. The van der Waals surface area contributed by atoms with Crippen LogP contribution in [0.15, 0.2) is 11.6 Å². The summed E-state index contributed by atoms with van der Waals surface area (Å²) in [6.07, 6.45) is 4.00. The summed E-state index contributed by atoms with van der Waals surface area (Å²) in [4.78, 5) is 15.9. The van der Waals surface area contributed by atoms with Crippen LogP contribution in [0.1, 0.15) is 24.7 Å². The molecule has 2 aromatic rings. The van der Waals surface area contributed by atoms with Gasteiger partial charge in [0.25, 0.3) is 0 Å². The maximum Gasteiger partial charge on any atom is 0.309 e. The van der Waals surface area contributed by atoms with Crippen LogP contribution in [0.5, 0.6) is 0 Å². The van der Waals surface area contributed by atoms with Crippen molar-refractivity contribution in [2.24, 2.45) is 0 Å². The number of rotatable bonds is 4. The van der Waals surface area contributed by atoms with Crippen molar-refractivity contribution in [1.29, 1.82) is 0 Å². The molecule has 0 saturated heterocycles. The van der Waals surface area contributed by atoms with E-state index in [0.29, 0.717) is 0 Å². The van der Waals surface area contributed by atoms with Gasteiger partial charge >= 0.3 is 5.97 Å². The SMILES string of the molecule is CCCc1cn2c(CC(=O)O)csc2n1. The number of hydrogen-bond acceptors (Lipinski definition) is 3. The summed E-state index contributed by atoms with van der Waals surface area (Å²) in [7, 11) is 0. The van der Waals surface area contributed by atoms with Crippen LogP contribution in [0.25, 0.3) is 4.96 Å². The first-order valence-corrected chi connectivity index (χ1v) is 5.74. The highest BCUT2D eigenvalue weighted by Gasteiger charge is 2.09. The second-order valence-electron chi connectivity index (χ2n) is 3.43. The fourth-order valence-corrected chi connectivity index (χ4v) is 2.43. The lowest BCUT2D eigenvalue weighted by Gasteiger charge is -1.93. The topological polar surface area (TPSA) is 54.6 Å². The van der Waals surface area contributed by atoms with Crippen LogP contribution < -0.4 is 0 Å². The van der Waals surface area contributed by atoms with Crippen molar-refractivity contribution in [2.45, 2.75) is 26.2 Å². The molecule has 0 aliphatic carbocycles. The number of aliphatic carboxylic acids is 1. The number of hydrogen-bond donors (Lipinski definition) is 1. The molecule has 0 aliphatic rings. The minimum absolute atomic E-state index is 0.0575. The van der Waals surface area contributed by atoms with E-state index in [0.717, 1.165) is 29.2 Å². The molecule has 1 N–H and O–H groups in total. The fraction of sp³-hybridized carbons (Fsp3) is 0.400. The monoisotopic (exact) mass is 224 g/mol. The number of thiazole rings is 1. The molecule has 2 heterocycles. The Kier molecular flexibility index (Phi) is 2.73. The molecule has 4 nitrogen and oxygen atoms in total. The van der Waals surface area contributed by atoms with Gasteiger partial charge in [0.1, 0.15) is 0 Å². The van der Waals surface area contributed by atoms with Crippen LogP contribution in [-0.4, -0.2) is 20.5 Å². The standard InChI is InChI=1S/C10H12N2O2S/c1-2-3-7-5-12-8(4-9(13)14)6-15-10(12)11-7/h5-6H,2-4H2,1H3,(H,13,14). The van der Waals surface area contributed by atoms with Gasteiger partial charge in [0.15, 0.2) is 4.96 Å². The van der Waals surface area contributed by atoms with Gasteiger partial charge in [0, 0.05) is 17.3 Å². The third-order valence-electron chi connectivity index (χ3n) is 2.17. The van der Waals surface area contributed by atoms with Crippen LogP contribution >= 0.6 is 11.3 Å². The summed E-state index contributed by atoms with van der Waals surface area (Å²) in [5, 5.41) is 10.6. The van der Waals surface area contributed by atoms with Gasteiger partial charge in [0.2, 0.25) is 0 Å². The molecule has 0 bridgehead atoms. The van der Waals surface area contributed by atoms with E-state index < -0.39 is 5.97 Å². The van der Waals surface area contributed by atoms with Gasteiger partial charge < -0.3 is 5.11 Å². The van der Waals surface area contributed by atoms with Gasteiger partial charge in [-0.2, -0.15) is 0 Å². The molecule has 2 rings (SSSR count). The molecule has 15 heavy (non-hydrogen) atoms. The van der Waals surface area contributed by atoms with Crippen molar-refractivity contribution in [3.8, 4) is 0 Å². The van der Waals surface area contributed by atoms with Gasteiger partial charge in [-0.15, -0.1) is 11.3 Å². The molecule has 0 aliphatic heterocycles.